The summed E-state index contributed by atoms with van der Waals surface area (Å²) >= 11 is 0. The fourth-order valence-corrected chi connectivity index (χ4v) is 2.38. The number of amides is 3. The highest BCUT2D eigenvalue weighted by Crippen LogP contribution is 2.38. The number of carbonyl (C=O) groups excluding carboxylic acids is 2. The van der Waals surface area contributed by atoms with E-state index in [2.05, 4.69) is 5.32 Å². The Morgan fingerprint density at radius 1 is 1.17 bits per heavy atom. The Kier molecular flexibility index (Phi) is 6.65. The fraction of sp³-hybridized carbons (Fsp3) is 0.263. The van der Waals surface area contributed by atoms with Crippen LogP contribution in [0.15, 0.2) is 42.5 Å². The highest BCUT2D eigenvalue weighted by Gasteiger charge is 2.33. The minimum atomic E-state index is -4.74. The van der Waals surface area contributed by atoms with Gasteiger partial charge >= 0.3 is 17.9 Å². The van der Waals surface area contributed by atoms with Crippen molar-refractivity contribution in [3.8, 4) is 11.5 Å². The lowest BCUT2D eigenvalue weighted by Crippen LogP contribution is -2.38. The van der Waals surface area contributed by atoms with Crippen LogP contribution >= 0.6 is 0 Å². The van der Waals surface area contributed by atoms with Crippen LogP contribution in [0.4, 0.5) is 29.3 Å². The third-order valence-electron chi connectivity index (χ3n) is 3.93. The second kappa shape index (κ2) is 8.80. The van der Waals surface area contributed by atoms with Crippen LogP contribution in [-0.2, 0) is 11.0 Å². The average Bonchev–Trinajstić information content (AvgIpc) is 2.66. The maximum absolute atomic E-state index is 12.8. The van der Waals surface area contributed by atoms with Gasteiger partial charge in [-0.05, 0) is 24.3 Å². The number of carbonyl (C=O) groups is 2. The smallest absolute Gasteiger partial charge is 0.416 e. The Balaban J connectivity index is 2.24. The number of halogens is 3. The molecular weight excluding hydrogens is 407 g/mol. The van der Waals surface area contributed by atoms with E-state index >= 15 is 0 Å². The van der Waals surface area contributed by atoms with Gasteiger partial charge in [-0.3, -0.25) is 19.8 Å². The van der Waals surface area contributed by atoms with Gasteiger partial charge in [-0.2, -0.15) is 13.2 Å². The van der Waals surface area contributed by atoms with Crippen LogP contribution in [0.3, 0.4) is 0 Å². The summed E-state index contributed by atoms with van der Waals surface area (Å²) in [6, 6.07) is 6.86. The third kappa shape index (κ3) is 5.46. The number of nitrogens with one attached hydrogen (secondary N) is 1. The first-order chi connectivity index (χ1) is 13.9. The molecule has 2 aromatic rings. The first kappa shape index (κ1) is 22.7. The van der Waals surface area contributed by atoms with Gasteiger partial charge < -0.3 is 10.1 Å². The molecule has 0 aliphatic rings. The van der Waals surface area contributed by atoms with Gasteiger partial charge in [-0.25, -0.2) is 4.79 Å². The van der Waals surface area contributed by atoms with Gasteiger partial charge in [0.05, 0.1) is 10.5 Å². The number of nitro groups is 1. The molecule has 0 saturated carbocycles. The highest BCUT2D eigenvalue weighted by atomic mass is 19.4. The summed E-state index contributed by atoms with van der Waals surface area (Å²) in [5.74, 6) is -1.16. The number of nitro benzene ring substituents is 1. The summed E-state index contributed by atoms with van der Waals surface area (Å²) in [6.07, 6.45) is -4.74. The van der Waals surface area contributed by atoms with Gasteiger partial charge in [-0.1, -0.05) is 19.9 Å². The Hall–Kier alpha value is -3.63. The summed E-state index contributed by atoms with van der Waals surface area (Å²) in [4.78, 5) is 35.1. The normalized spacial score (nSPS) is 11.2. The van der Waals surface area contributed by atoms with E-state index in [0.29, 0.717) is 12.1 Å². The molecule has 8 nitrogen and oxygen atoms in total. The topological polar surface area (TPSA) is 102 Å². The van der Waals surface area contributed by atoms with E-state index < -0.39 is 46.0 Å². The summed E-state index contributed by atoms with van der Waals surface area (Å²) in [7, 11) is 1.31. The van der Waals surface area contributed by atoms with Crippen LogP contribution in [0.2, 0.25) is 0 Å². The number of imide groups is 1. The van der Waals surface area contributed by atoms with Crippen molar-refractivity contribution in [2.24, 2.45) is 5.92 Å². The number of benzene rings is 2. The van der Waals surface area contributed by atoms with Crippen molar-refractivity contribution in [1.82, 2.24) is 4.90 Å². The summed E-state index contributed by atoms with van der Waals surface area (Å²) < 4.78 is 43.8. The van der Waals surface area contributed by atoms with Gasteiger partial charge in [0.15, 0.2) is 0 Å². The second-order valence-electron chi connectivity index (χ2n) is 6.55. The van der Waals surface area contributed by atoms with Crippen molar-refractivity contribution in [3.05, 3.63) is 58.1 Å². The minimum Gasteiger partial charge on any atom is -0.450 e. The summed E-state index contributed by atoms with van der Waals surface area (Å²) in [5, 5.41) is 13.6. The molecule has 0 bridgehead atoms. The van der Waals surface area contributed by atoms with Gasteiger partial charge in [0, 0.05) is 30.8 Å². The molecule has 1 N–H and O–H groups in total. The number of hydrogen-bond acceptors (Lipinski definition) is 5. The van der Waals surface area contributed by atoms with E-state index in [1.807, 2.05) is 0 Å². The number of urea groups is 1. The van der Waals surface area contributed by atoms with E-state index in [0.717, 1.165) is 11.0 Å². The maximum atomic E-state index is 12.8. The molecule has 0 fully saturated rings. The molecule has 3 amide bonds. The number of anilines is 1. The van der Waals surface area contributed by atoms with Crippen LogP contribution in [0.1, 0.15) is 19.4 Å². The number of ether oxygens (including phenoxy) is 1. The van der Waals surface area contributed by atoms with Gasteiger partial charge in [-0.15, -0.1) is 0 Å². The molecule has 160 valence electrons. The SMILES string of the molecule is CC(C)C(=O)N(C)C(=O)Nc1cccc(Oc2ccc(C(F)(F)F)cc2[N+](=O)[O-])c1. The molecule has 0 heterocycles. The standard InChI is InChI=1S/C19H18F3N3O5/c1-11(2)17(26)24(3)18(27)23-13-5-4-6-14(10-13)30-16-8-7-12(19(20,21)22)9-15(16)25(28)29/h4-11H,1-3H3,(H,23,27). The first-order valence-corrected chi connectivity index (χ1v) is 8.62. The molecule has 0 unspecified atom stereocenters. The predicted octanol–water partition coefficient (Wildman–Crippen LogP) is 5.05. The van der Waals surface area contributed by atoms with Crippen LogP contribution in [0.25, 0.3) is 0 Å². The Labute approximate surface area is 169 Å². The number of nitrogens with zero attached hydrogens (tertiary/aromatic N) is 2. The van der Waals surface area contributed by atoms with Crippen molar-refractivity contribution >= 4 is 23.3 Å². The minimum absolute atomic E-state index is 0.0356. The zero-order valence-electron chi connectivity index (χ0n) is 16.2. The third-order valence-corrected chi connectivity index (χ3v) is 3.93. The van der Waals surface area contributed by atoms with Crippen molar-refractivity contribution in [3.63, 3.8) is 0 Å². The van der Waals surface area contributed by atoms with E-state index in [1.165, 1.54) is 31.3 Å². The van der Waals surface area contributed by atoms with Crippen LogP contribution in [0, 0.1) is 16.0 Å². The molecule has 0 aromatic heterocycles. The molecule has 0 spiro atoms. The predicted molar refractivity (Wildman–Crippen MR) is 101 cm³/mol. The fourth-order valence-electron chi connectivity index (χ4n) is 2.38. The molecule has 2 rings (SSSR count). The maximum Gasteiger partial charge on any atom is 0.416 e. The molecular formula is C19H18F3N3O5. The summed E-state index contributed by atoms with van der Waals surface area (Å²) in [5.41, 5.74) is -1.82. The van der Waals surface area contributed by atoms with E-state index in [1.54, 1.807) is 13.8 Å². The Bertz CT molecular complexity index is 976. The lowest BCUT2D eigenvalue weighted by atomic mass is 10.2. The second-order valence-corrected chi connectivity index (χ2v) is 6.55. The van der Waals surface area contributed by atoms with E-state index in [9.17, 15) is 32.9 Å². The molecule has 2 aromatic carbocycles. The Morgan fingerprint density at radius 2 is 1.83 bits per heavy atom. The van der Waals surface area contributed by atoms with E-state index in [-0.39, 0.29) is 11.4 Å². The van der Waals surface area contributed by atoms with Crippen molar-refractivity contribution in [2.45, 2.75) is 20.0 Å². The molecule has 11 heteroatoms. The monoisotopic (exact) mass is 425 g/mol. The van der Waals surface area contributed by atoms with Gasteiger partial charge in [0.1, 0.15) is 5.75 Å². The van der Waals surface area contributed by atoms with Crippen molar-refractivity contribution in [2.75, 3.05) is 12.4 Å². The lowest BCUT2D eigenvalue weighted by molar-refractivity contribution is -0.385. The Morgan fingerprint density at radius 3 is 2.40 bits per heavy atom. The number of hydrogen-bond donors (Lipinski definition) is 1. The number of rotatable bonds is 5. The molecule has 0 aliphatic carbocycles. The number of alkyl halides is 3. The average molecular weight is 425 g/mol. The van der Waals surface area contributed by atoms with E-state index in [4.69, 9.17) is 4.74 Å². The van der Waals surface area contributed by atoms with Crippen LogP contribution < -0.4 is 10.1 Å². The van der Waals surface area contributed by atoms with Gasteiger partial charge in [0.25, 0.3) is 0 Å². The molecule has 0 atom stereocenters. The molecule has 0 radical (unpaired) electrons. The highest BCUT2D eigenvalue weighted by molar-refractivity contribution is 6.01. The van der Waals surface area contributed by atoms with Gasteiger partial charge in [0.2, 0.25) is 11.7 Å². The zero-order valence-corrected chi connectivity index (χ0v) is 16.2. The molecule has 0 aliphatic heterocycles. The molecule has 30 heavy (non-hydrogen) atoms. The summed E-state index contributed by atoms with van der Waals surface area (Å²) in [6.45, 7) is 3.27. The largest absolute Gasteiger partial charge is 0.450 e. The first-order valence-electron chi connectivity index (χ1n) is 8.62. The quantitative estimate of drug-likeness (QED) is 0.533. The van der Waals surface area contributed by atoms with Crippen LogP contribution in [-0.4, -0.2) is 28.8 Å². The van der Waals surface area contributed by atoms with Crippen LogP contribution in [0.5, 0.6) is 11.5 Å². The molecule has 0 saturated heterocycles. The van der Waals surface area contributed by atoms with Crippen molar-refractivity contribution in [1.29, 1.82) is 0 Å². The zero-order chi connectivity index (χ0) is 22.6. The lowest BCUT2D eigenvalue weighted by Gasteiger charge is -2.18. The van der Waals surface area contributed by atoms with Crippen molar-refractivity contribution < 1.29 is 32.4 Å².